The van der Waals surface area contributed by atoms with Crippen LogP contribution in [0.5, 0.6) is 5.75 Å². The first kappa shape index (κ1) is 26.7. The number of unbranched alkanes of at least 4 members (excludes halogenated alkanes) is 4. The molecular weight excluding hydrogens is 416 g/mol. The van der Waals surface area contributed by atoms with Gasteiger partial charge in [-0.2, -0.15) is 0 Å². The van der Waals surface area contributed by atoms with E-state index in [-0.39, 0.29) is 12.5 Å². The molecule has 0 radical (unpaired) electrons. The highest BCUT2D eigenvalue weighted by molar-refractivity contribution is 5.92. The second kappa shape index (κ2) is 14.6. The predicted octanol–water partition coefficient (Wildman–Crippen LogP) is 5.50. The molecule has 0 saturated heterocycles. The molecular formula is C27H40N2O4. The van der Waals surface area contributed by atoms with Crippen molar-refractivity contribution in [3.05, 3.63) is 48.0 Å². The van der Waals surface area contributed by atoms with E-state index >= 15 is 0 Å². The SMILES string of the molecule is CCCCCCCNC(=O)N(C)c1cccc(-c2ccc(CCC(O)O)cc2OCCC)c1. The summed E-state index contributed by atoms with van der Waals surface area (Å²) in [5.41, 5.74) is 3.71. The average molecular weight is 457 g/mol. The Morgan fingerprint density at radius 1 is 1.03 bits per heavy atom. The lowest BCUT2D eigenvalue weighted by Crippen LogP contribution is -2.37. The smallest absolute Gasteiger partial charge is 0.321 e. The van der Waals surface area contributed by atoms with Crippen molar-refractivity contribution in [2.75, 3.05) is 25.1 Å². The molecule has 0 aromatic heterocycles. The Hall–Kier alpha value is -2.57. The van der Waals surface area contributed by atoms with Gasteiger partial charge in [-0.1, -0.05) is 63.8 Å². The molecule has 0 bridgehead atoms. The number of nitrogens with one attached hydrogen (secondary N) is 1. The highest BCUT2D eigenvalue weighted by Crippen LogP contribution is 2.33. The van der Waals surface area contributed by atoms with Crippen molar-refractivity contribution in [2.45, 2.75) is 71.5 Å². The van der Waals surface area contributed by atoms with Gasteiger partial charge in [-0.3, -0.25) is 4.90 Å². The molecule has 0 aliphatic rings. The minimum Gasteiger partial charge on any atom is -0.493 e. The van der Waals surface area contributed by atoms with Crippen LogP contribution >= 0.6 is 0 Å². The molecule has 0 atom stereocenters. The molecule has 0 spiro atoms. The average Bonchev–Trinajstić information content (AvgIpc) is 2.83. The summed E-state index contributed by atoms with van der Waals surface area (Å²) >= 11 is 0. The van der Waals surface area contributed by atoms with Crippen molar-refractivity contribution in [3.8, 4) is 16.9 Å². The topological polar surface area (TPSA) is 82.0 Å². The zero-order valence-electron chi connectivity index (χ0n) is 20.3. The Balaban J connectivity index is 2.12. The van der Waals surface area contributed by atoms with Crippen LogP contribution in [0, 0.1) is 0 Å². The number of aliphatic hydroxyl groups excluding tert-OH is 1. The van der Waals surface area contributed by atoms with Gasteiger partial charge < -0.3 is 20.3 Å². The minimum atomic E-state index is -1.32. The largest absolute Gasteiger partial charge is 0.493 e. The lowest BCUT2D eigenvalue weighted by Gasteiger charge is -2.20. The molecule has 0 heterocycles. The summed E-state index contributed by atoms with van der Waals surface area (Å²) in [7, 11) is 1.78. The second-order valence-corrected chi connectivity index (χ2v) is 8.45. The zero-order valence-corrected chi connectivity index (χ0v) is 20.3. The van der Waals surface area contributed by atoms with Gasteiger partial charge in [-0.15, -0.1) is 0 Å². The number of carbonyl (C=O) groups excluding carboxylic acids is 1. The molecule has 0 saturated carbocycles. The number of hydrogen-bond donors (Lipinski definition) is 3. The van der Waals surface area contributed by atoms with Crippen LogP contribution in [-0.2, 0) is 6.42 Å². The van der Waals surface area contributed by atoms with E-state index in [9.17, 15) is 15.0 Å². The van der Waals surface area contributed by atoms with Crippen LogP contribution in [0.3, 0.4) is 0 Å². The quantitative estimate of drug-likeness (QED) is 0.259. The van der Waals surface area contributed by atoms with Crippen LogP contribution in [0.15, 0.2) is 42.5 Å². The lowest BCUT2D eigenvalue weighted by molar-refractivity contribution is -0.0447. The third-order valence-corrected chi connectivity index (χ3v) is 5.60. The maximum atomic E-state index is 12.6. The zero-order chi connectivity index (χ0) is 24.1. The highest BCUT2D eigenvalue weighted by atomic mass is 16.5. The maximum Gasteiger partial charge on any atom is 0.321 e. The fourth-order valence-corrected chi connectivity index (χ4v) is 3.63. The Kier molecular flexibility index (Phi) is 11.8. The number of anilines is 1. The normalized spacial score (nSPS) is 11.0. The second-order valence-electron chi connectivity index (χ2n) is 8.45. The first-order valence-corrected chi connectivity index (χ1v) is 12.2. The lowest BCUT2D eigenvalue weighted by atomic mass is 10.00. The fraction of sp³-hybridized carbons (Fsp3) is 0.519. The van der Waals surface area contributed by atoms with Crippen molar-refractivity contribution in [2.24, 2.45) is 0 Å². The molecule has 6 nitrogen and oxygen atoms in total. The molecule has 2 rings (SSSR count). The summed E-state index contributed by atoms with van der Waals surface area (Å²) in [5, 5.41) is 21.4. The molecule has 0 aliphatic heterocycles. The Bertz CT molecular complexity index is 854. The monoisotopic (exact) mass is 456 g/mol. The van der Waals surface area contributed by atoms with E-state index in [2.05, 4.69) is 19.2 Å². The van der Waals surface area contributed by atoms with E-state index in [1.54, 1.807) is 11.9 Å². The summed E-state index contributed by atoms with van der Waals surface area (Å²) in [6.45, 7) is 5.54. The number of urea groups is 1. The number of ether oxygens (including phenoxy) is 1. The summed E-state index contributed by atoms with van der Waals surface area (Å²) in [4.78, 5) is 14.2. The van der Waals surface area contributed by atoms with E-state index in [0.29, 0.717) is 19.6 Å². The first-order valence-electron chi connectivity index (χ1n) is 12.2. The molecule has 33 heavy (non-hydrogen) atoms. The van der Waals surface area contributed by atoms with Gasteiger partial charge in [0.25, 0.3) is 0 Å². The van der Waals surface area contributed by atoms with Crippen LogP contribution in [0.1, 0.15) is 64.4 Å². The van der Waals surface area contributed by atoms with Gasteiger partial charge >= 0.3 is 6.03 Å². The van der Waals surface area contributed by atoms with Crippen LogP contribution in [0.4, 0.5) is 10.5 Å². The van der Waals surface area contributed by atoms with E-state index < -0.39 is 6.29 Å². The van der Waals surface area contributed by atoms with Gasteiger partial charge in [0.15, 0.2) is 6.29 Å². The number of aliphatic hydroxyl groups is 2. The van der Waals surface area contributed by atoms with Crippen molar-refractivity contribution >= 4 is 11.7 Å². The van der Waals surface area contributed by atoms with Gasteiger partial charge in [0.1, 0.15) is 5.75 Å². The van der Waals surface area contributed by atoms with Gasteiger partial charge in [-0.05, 0) is 48.6 Å². The molecule has 0 unspecified atom stereocenters. The van der Waals surface area contributed by atoms with Crippen molar-refractivity contribution < 1.29 is 19.7 Å². The van der Waals surface area contributed by atoms with Crippen molar-refractivity contribution in [3.63, 3.8) is 0 Å². The van der Waals surface area contributed by atoms with Crippen LogP contribution in [0.25, 0.3) is 11.1 Å². The standard InChI is InChI=1S/C27H40N2O4/c1-4-6-7-8-9-17-28-27(32)29(3)23-12-10-11-22(20-23)24-15-13-21(14-16-26(30)31)19-25(24)33-18-5-2/h10-13,15,19-20,26,30-31H,4-9,14,16-18H2,1-3H3,(H,28,32). The summed E-state index contributed by atoms with van der Waals surface area (Å²) in [6, 6.07) is 13.7. The molecule has 2 aromatic carbocycles. The number of aryl methyl sites for hydroxylation is 1. The van der Waals surface area contributed by atoms with E-state index in [0.717, 1.165) is 47.4 Å². The number of nitrogens with zero attached hydrogens (tertiary/aromatic N) is 1. The summed E-state index contributed by atoms with van der Waals surface area (Å²) < 4.78 is 6.01. The fourth-order valence-electron chi connectivity index (χ4n) is 3.63. The minimum absolute atomic E-state index is 0.108. The van der Waals surface area contributed by atoms with E-state index in [1.807, 2.05) is 42.5 Å². The third-order valence-electron chi connectivity index (χ3n) is 5.60. The van der Waals surface area contributed by atoms with E-state index in [1.165, 1.54) is 19.3 Å². The Labute approximate surface area is 198 Å². The number of hydrogen-bond acceptors (Lipinski definition) is 4. The first-order chi connectivity index (χ1) is 16.0. The van der Waals surface area contributed by atoms with Crippen molar-refractivity contribution in [1.29, 1.82) is 0 Å². The Morgan fingerprint density at radius 2 is 1.82 bits per heavy atom. The van der Waals surface area contributed by atoms with Crippen molar-refractivity contribution in [1.82, 2.24) is 5.32 Å². The maximum absolute atomic E-state index is 12.6. The molecule has 0 fully saturated rings. The number of benzene rings is 2. The Morgan fingerprint density at radius 3 is 2.55 bits per heavy atom. The number of carbonyl (C=O) groups is 1. The van der Waals surface area contributed by atoms with Gasteiger partial charge in [0.05, 0.1) is 6.61 Å². The van der Waals surface area contributed by atoms with Gasteiger partial charge in [0, 0.05) is 31.3 Å². The molecule has 2 aromatic rings. The summed E-state index contributed by atoms with van der Waals surface area (Å²) in [5.74, 6) is 0.762. The molecule has 2 amide bonds. The van der Waals surface area contributed by atoms with Crippen LogP contribution in [-0.4, -0.2) is 42.7 Å². The van der Waals surface area contributed by atoms with Gasteiger partial charge in [-0.25, -0.2) is 4.79 Å². The molecule has 3 N–H and O–H groups in total. The molecule has 0 aliphatic carbocycles. The molecule has 6 heteroatoms. The van der Waals surface area contributed by atoms with Crippen LogP contribution < -0.4 is 15.0 Å². The predicted molar refractivity (Wildman–Crippen MR) is 135 cm³/mol. The van der Waals surface area contributed by atoms with Gasteiger partial charge in [0.2, 0.25) is 0 Å². The molecule has 182 valence electrons. The number of amides is 2. The summed E-state index contributed by atoms with van der Waals surface area (Å²) in [6.07, 6.45) is 6.22. The highest BCUT2D eigenvalue weighted by Gasteiger charge is 2.14. The van der Waals surface area contributed by atoms with Crippen LogP contribution in [0.2, 0.25) is 0 Å². The van der Waals surface area contributed by atoms with E-state index in [4.69, 9.17) is 4.74 Å². The third kappa shape index (κ3) is 9.06. The number of rotatable bonds is 14.